The Morgan fingerprint density at radius 2 is 1.84 bits per heavy atom. The average molecular weight is 264 g/mol. The average Bonchev–Trinajstić information content (AvgIpc) is 2.35. The van der Waals surface area contributed by atoms with Crippen molar-refractivity contribution in [3.63, 3.8) is 0 Å². The van der Waals surface area contributed by atoms with Gasteiger partial charge in [-0.25, -0.2) is 0 Å². The van der Waals surface area contributed by atoms with Crippen molar-refractivity contribution in [3.05, 3.63) is 23.3 Å². The lowest BCUT2D eigenvalue weighted by molar-refractivity contribution is -0.122. The summed E-state index contributed by atoms with van der Waals surface area (Å²) in [6.07, 6.45) is 1.89. The summed E-state index contributed by atoms with van der Waals surface area (Å²) >= 11 is 0. The normalized spacial score (nSPS) is 21.7. The summed E-state index contributed by atoms with van der Waals surface area (Å²) in [6, 6.07) is 3.73. The number of carbonyl (C=O) groups excluding carboxylic acids is 1. The molecular formula is C15H20O4. The van der Waals surface area contributed by atoms with E-state index in [1.165, 1.54) is 6.92 Å². The predicted molar refractivity (Wildman–Crippen MR) is 71.8 cm³/mol. The maximum atomic E-state index is 11.3. The number of carbonyl (C=O) groups is 1. The van der Waals surface area contributed by atoms with Crippen molar-refractivity contribution in [1.82, 2.24) is 0 Å². The maximum absolute atomic E-state index is 11.3. The van der Waals surface area contributed by atoms with Gasteiger partial charge in [0.25, 0.3) is 0 Å². The van der Waals surface area contributed by atoms with Gasteiger partial charge in [-0.05, 0) is 31.9 Å². The lowest BCUT2D eigenvalue weighted by Gasteiger charge is -2.34. The summed E-state index contributed by atoms with van der Waals surface area (Å²) < 4.78 is 10.7. The predicted octanol–water partition coefficient (Wildman–Crippen LogP) is 1.90. The highest BCUT2D eigenvalue weighted by atomic mass is 16.5. The third-order valence-electron chi connectivity index (χ3n) is 3.71. The van der Waals surface area contributed by atoms with Gasteiger partial charge in [0.05, 0.1) is 19.8 Å². The standard InChI is InChI=1S/C15H20O4/c1-10(16)8-15(17)7-6-11-12(9-15)14(19-3)5-4-13(11)18-2/h4-5,17H,6-9H2,1-3H3/t15-/m0/s1. The van der Waals surface area contributed by atoms with Crippen molar-refractivity contribution in [2.45, 2.75) is 38.2 Å². The second-order valence-corrected chi connectivity index (χ2v) is 5.21. The largest absolute Gasteiger partial charge is 0.496 e. The quantitative estimate of drug-likeness (QED) is 0.902. The number of Topliss-reactive ketones (excluding diaryl/α,β-unsaturated/α-hetero) is 1. The fraction of sp³-hybridized carbons (Fsp3) is 0.533. The molecule has 0 aliphatic heterocycles. The first kappa shape index (κ1) is 13.9. The molecule has 1 atom stereocenters. The van der Waals surface area contributed by atoms with E-state index in [4.69, 9.17) is 9.47 Å². The van der Waals surface area contributed by atoms with Gasteiger partial charge in [-0.2, -0.15) is 0 Å². The summed E-state index contributed by atoms with van der Waals surface area (Å²) in [5, 5.41) is 10.6. The van der Waals surface area contributed by atoms with Crippen molar-refractivity contribution in [2.24, 2.45) is 0 Å². The van der Waals surface area contributed by atoms with E-state index in [2.05, 4.69) is 0 Å². The van der Waals surface area contributed by atoms with Crippen LogP contribution in [0.5, 0.6) is 11.5 Å². The van der Waals surface area contributed by atoms with Crippen molar-refractivity contribution in [2.75, 3.05) is 14.2 Å². The molecule has 0 amide bonds. The molecular weight excluding hydrogens is 244 g/mol. The number of hydrogen-bond donors (Lipinski definition) is 1. The molecule has 0 fully saturated rings. The Morgan fingerprint density at radius 1 is 1.26 bits per heavy atom. The summed E-state index contributed by atoms with van der Waals surface area (Å²) in [7, 11) is 3.25. The zero-order valence-corrected chi connectivity index (χ0v) is 11.7. The number of methoxy groups -OCH3 is 2. The van der Waals surface area contributed by atoms with Crippen LogP contribution in [0.3, 0.4) is 0 Å². The molecule has 4 nitrogen and oxygen atoms in total. The molecule has 0 unspecified atom stereocenters. The molecule has 1 aromatic carbocycles. The van der Waals surface area contributed by atoms with E-state index >= 15 is 0 Å². The highest BCUT2D eigenvalue weighted by molar-refractivity contribution is 5.76. The topological polar surface area (TPSA) is 55.8 Å². The van der Waals surface area contributed by atoms with E-state index in [1.807, 2.05) is 12.1 Å². The summed E-state index contributed by atoms with van der Waals surface area (Å²) in [5.41, 5.74) is 1.07. The number of ether oxygens (including phenoxy) is 2. The van der Waals surface area contributed by atoms with Crippen LogP contribution in [0.4, 0.5) is 0 Å². The van der Waals surface area contributed by atoms with E-state index in [-0.39, 0.29) is 12.2 Å². The minimum Gasteiger partial charge on any atom is -0.496 e. The molecule has 0 radical (unpaired) electrons. The number of benzene rings is 1. The van der Waals surface area contributed by atoms with Gasteiger partial charge < -0.3 is 14.6 Å². The molecule has 0 spiro atoms. The molecule has 1 aliphatic rings. The third-order valence-corrected chi connectivity index (χ3v) is 3.71. The first-order valence-electron chi connectivity index (χ1n) is 6.43. The molecule has 1 aromatic rings. The van der Waals surface area contributed by atoms with Crippen LogP contribution in [-0.4, -0.2) is 30.7 Å². The molecule has 4 heteroatoms. The lowest BCUT2D eigenvalue weighted by Crippen LogP contribution is -2.37. The third kappa shape index (κ3) is 2.73. The number of aliphatic hydroxyl groups is 1. The van der Waals surface area contributed by atoms with Gasteiger partial charge in [-0.15, -0.1) is 0 Å². The van der Waals surface area contributed by atoms with Gasteiger partial charge in [0.2, 0.25) is 0 Å². The Morgan fingerprint density at radius 3 is 2.37 bits per heavy atom. The van der Waals surface area contributed by atoms with Crippen LogP contribution in [0.1, 0.15) is 30.9 Å². The van der Waals surface area contributed by atoms with E-state index in [1.54, 1.807) is 14.2 Å². The second kappa shape index (κ2) is 5.21. The van der Waals surface area contributed by atoms with Crippen LogP contribution >= 0.6 is 0 Å². The van der Waals surface area contributed by atoms with E-state index in [0.717, 1.165) is 22.6 Å². The Hall–Kier alpha value is -1.55. The van der Waals surface area contributed by atoms with Gasteiger partial charge >= 0.3 is 0 Å². The fourth-order valence-corrected chi connectivity index (χ4v) is 2.89. The molecule has 1 N–H and O–H groups in total. The zero-order valence-electron chi connectivity index (χ0n) is 11.7. The second-order valence-electron chi connectivity index (χ2n) is 5.21. The van der Waals surface area contributed by atoms with Crippen LogP contribution in [0.25, 0.3) is 0 Å². The Kier molecular flexibility index (Phi) is 3.80. The fourth-order valence-electron chi connectivity index (χ4n) is 2.89. The van der Waals surface area contributed by atoms with Crippen LogP contribution in [-0.2, 0) is 17.6 Å². The summed E-state index contributed by atoms with van der Waals surface area (Å²) in [6.45, 7) is 1.51. The number of fused-ring (bicyclic) bond motifs is 1. The van der Waals surface area contributed by atoms with Gasteiger partial charge in [-0.3, -0.25) is 4.79 Å². The summed E-state index contributed by atoms with van der Waals surface area (Å²) in [5.74, 6) is 1.57. The Bertz CT molecular complexity index is 495. The molecule has 0 saturated carbocycles. The van der Waals surface area contributed by atoms with E-state index in [9.17, 15) is 9.90 Å². The van der Waals surface area contributed by atoms with Crippen LogP contribution in [0, 0.1) is 0 Å². The van der Waals surface area contributed by atoms with Gasteiger partial charge in [0.15, 0.2) is 0 Å². The molecule has 1 aliphatic carbocycles. The van der Waals surface area contributed by atoms with E-state index in [0.29, 0.717) is 19.3 Å². The van der Waals surface area contributed by atoms with Crippen LogP contribution in [0.2, 0.25) is 0 Å². The summed E-state index contributed by atoms with van der Waals surface area (Å²) in [4.78, 5) is 11.3. The first-order valence-corrected chi connectivity index (χ1v) is 6.43. The van der Waals surface area contributed by atoms with Gasteiger partial charge in [0, 0.05) is 24.0 Å². The lowest BCUT2D eigenvalue weighted by atomic mass is 9.77. The van der Waals surface area contributed by atoms with E-state index < -0.39 is 5.60 Å². The number of rotatable bonds is 4. The molecule has 19 heavy (non-hydrogen) atoms. The van der Waals surface area contributed by atoms with Gasteiger partial charge in [-0.1, -0.05) is 0 Å². The molecule has 2 rings (SSSR count). The van der Waals surface area contributed by atoms with Crippen molar-refractivity contribution < 1.29 is 19.4 Å². The minimum atomic E-state index is -0.960. The number of hydrogen-bond acceptors (Lipinski definition) is 4. The molecule has 0 saturated heterocycles. The number of ketones is 1. The maximum Gasteiger partial charge on any atom is 0.132 e. The molecule has 104 valence electrons. The van der Waals surface area contributed by atoms with Crippen molar-refractivity contribution >= 4 is 5.78 Å². The monoisotopic (exact) mass is 264 g/mol. The smallest absolute Gasteiger partial charge is 0.132 e. The first-order chi connectivity index (χ1) is 8.99. The molecule has 0 heterocycles. The molecule has 0 bridgehead atoms. The van der Waals surface area contributed by atoms with Crippen molar-refractivity contribution in [3.8, 4) is 11.5 Å². The van der Waals surface area contributed by atoms with Crippen molar-refractivity contribution in [1.29, 1.82) is 0 Å². The Balaban J connectivity index is 2.40. The SMILES string of the molecule is COc1ccc(OC)c2c1CC[C@](O)(CC(C)=O)C2. The van der Waals surface area contributed by atoms with Crippen LogP contribution in [0.15, 0.2) is 12.1 Å². The zero-order chi connectivity index (χ0) is 14.0. The minimum absolute atomic E-state index is 0.00723. The van der Waals surface area contributed by atoms with Crippen LogP contribution < -0.4 is 9.47 Å². The Labute approximate surface area is 113 Å². The highest BCUT2D eigenvalue weighted by Crippen LogP contribution is 2.40. The van der Waals surface area contributed by atoms with Gasteiger partial charge in [0.1, 0.15) is 17.3 Å². The molecule has 0 aromatic heterocycles. The highest BCUT2D eigenvalue weighted by Gasteiger charge is 2.36.